The standard InChI is InChI=1S/C4H9NO4S/c1-2-3-10(7,8)5-9-4-6/h4-5H,2-3H2,1H3. The lowest BCUT2D eigenvalue weighted by Gasteiger charge is -1.99. The molecule has 0 spiro atoms. The first-order valence-corrected chi connectivity index (χ1v) is 4.36. The second-order valence-electron chi connectivity index (χ2n) is 1.62. The SMILES string of the molecule is CCCS(=O)(=O)NOC=O. The normalized spacial score (nSPS) is 10.9. The maximum absolute atomic E-state index is 10.6. The fourth-order valence-corrected chi connectivity index (χ4v) is 1.21. The molecule has 0 unspecified atom stereocenters. The Bertz CT molecular complexity index is 185. The highest BCUT2D eigenvalue weighted by Gasteiger charge is 2.06. The molecule has 0 aliphatic rings. The Balaban J connectivity index is 3.76. The molecule has 0 saturated heterocycles. The summed E-state index contributed by atoms with van der Waals surface area (Å²) in [7, 11) is -3.40. The van der Waals surface area contributed by atoms with Crippen molar-refractivity contribution in [2.75, 3.05) is 5.75 Å². The van der Waals surface area contributed by atoms with E-state index in [-0.39, 0.29) is 12.2 Å². The minimum Gasteiger partial charge on any atom is -0.359 e. The molecule has 0 heterocycles. The zero-order chi connectivity index (χ0) is 8.04. The molecule has 0 fully saturated rings. The molecule has 6 heteroatoms. The molecule has 0 aromatic rings. The van der Waals surface area contributed by atoms with E-state index in [1.807, 2.05) is 0 Å². The van der Waals surface area contributed by atoms with Crippen LogP contribution in [0.2, 0.25) is 0 Å². The van der Waals surface area contributed by atoms with E-state index >= 15 is 0 Å². The van der Waals surface area contributed by atoms with E-state index < -0.39 is 10.0 Å². The van der Waals surface area contributed by atoms with E-state index in [9.17, 15) is 13.2 Å². The van der Waals surface area contributed by atoms with E-state index in [1.54, 1.807) is 11.8 Å². The summed E-state index contributed by atoms with van der Waals surface area (Å²) in [6, 6.07) is 0. The van der Waals surface area contributed by atoms with Crippen LogP contribution in [-0.4, -0.2) is 20.6 Å². The molecule has 0 aliphatic heterocycles. The molecule has 0 bridgehead atoms. The molecule has 5 nitrogen and oxygen atoms in total. The van der Waals surface area contributed by atoms with Crippen LogP contribution in [0, 0.1) is 0 Å². The van der Waals surface area contributed by atoms with Crippen LogP contribution >= 0.6 is 0 Å². The monoisotopic (exact) mass is 167 g/mol. The smallest absolute Gasteiger partial charge is 0.314 e. The van der Waals surface area contributed by atoms with Crippen molar-refractivity contribution < 1.29 is 18.0 Å². The lowest BCUT2D eigenvalue weighted by molar-refractivity contribution is -0.131. The van der Waals surface area contributed by atoms with Crippen molar-refractivity contribution >= 4 is 16.5 Å². The van der Waals surface area contributed by atoms with Gasteiger partial charge in [-0.05, 0) is 11.3 Å². The van der Waals surface area contributed by atoms with Crippen LogP contribution in [0.1, 0.15) is 13.3 Å². The number of hydrogen-bond acceptors (Lipinski definition) is 4. The van der Waals surface area contributed by atoms with Gasteiger partial charge in [-0.15, -0.1) is 0 Å². The molecule has 10 heavy (non-hydrogen) atoms. The summed E-state index contributed by atoms with van der Waals surface area (Å²) < 4.78 is 21.2. The van der Waals surface area contributed by atoms with Crippen molar-refractivity contribution in [2.24, 2.45) is 0 Å². The van der Waals surface area contributed by atoms with Crippen molar-refractivity contribution in [3.63, 3.8) is 0 Å². The molecule has 0 saturated carbocycles. The third-order valence-corrected chi connectivity index (χ3v) is 1.99. The van der Waals surface area contributed by atoms with Crippen LogP contribution in [0.15, 0.2) is 0 Å². The molecule has 60 valence electrons. The van der Waals surface area contributed by atoms with Crippen LogP contribution in [-0.2, 0) is 19.7 Å². The quantitative estimate of drug-likeness (QED) is 0.438. The summed E-state index contributed by atoms with van der Waals surface area (Å²) in [5.41, 5.74) is 0. The Kier molecular flexibility index (Phi) is 3.97. The second-order valence-corrected chi connectivity index (χ2v) is 3.42. The summed E-state index contributed by atoms with van der Waals surface area (Å²) in [4.78, 5) is 15.0. The molecular formula is C4H9NO4S. The first kappa shape index (κ1) is 9.38. The van der Waals surface area contributed by atoms with E-state index in [0.717, 1.165) is 0 Å². The number of carbonyl (C=O) groups excluding carboxylic acids is 1. The fraction of sp³-hybridized carbons (Fsp3) is 0.750. The van der Waals surface area contributed by atoms with Gasteiger partial charge in [0, 0.05) is 0 Å². The van der Waals surface area contributed by atoms with Gasteiger partial charge in [-0.3, -0.25) is 4.79 Å². The molecule has 0 aliphatic carbocycles. The number of nitrogens with one attached hydrogen (secondary N) is 1. The highest BCUT2D eigenvalue weighted by atomic mass is 32.2. The molecule has 0 aromatic carbocycles. The minimum absolute atomic E-state index is 0.0210. The Morgan fingerprint density at radius 2 is 2.20 bits per heavy atom. The number of rotatable bonds is 5. The fourth-order valence-electron chi connectivity index (χ4n) is 0.403. The molecule has 0 amide bonds. The van der Waals surface area contributed by atoms with Gasteiger partial charge in [0.15, 0.2) is 0 Å². The van der Waals surface area contributed by atoms with Crippen molar-refractivity contribution in [3.8, 4) is 0 Å². The zero-order valence-corrected chi connectivity index (χ0v) is 6.35. The topological polar surface area (TPSA) is 72.5 Å². The molecule has 0 radical (unpaired) electrons. The largest absolute Gasteiger partial charge is 0.359 e. The second kappa shape index (κ2) is 4.24. The van der Waals surface area contributed by atoms with E-state index in [4.69, 9.17) is 0 Å². The summed E-state index contributed by atoms with van der Waals surface area (Å²) in [5.74, 6) is -0.0408. The van der Waals surface area contributed by atoms with Gasteiger partial charge in [0.05, 0.1) is 5.75 Å². The first-order valence-electron chi connectivity index (χ1n) is 2.71. The van der Waals surface area contributed by atoms with Gasteiger partial charge < -0.3 is 4.84 Å². The van der Waals surface area contributed by atoms with E-state index in [1.165, 1.54) is 0 Å². The van der Waals surface area contributed by atoms with Crippen molar-refractivity contribution in [1.82, 2.24) is 4.89 Å². The van der Waals surface area contributed by atoms with Gasteiger partial charge >= 0.3 is 6.47 Å². The zero-order valence-electron chi connectivity index (χ0n) is 5.53. The first-order chi connectivity index (χ1) is 4.62. The maximum Gasteiger partial charge on any atom is 0.314 e. The average Bonchev–Trinajstić information content (AvgIpc) is 1.84. The molecule has 0 aromatic heterocycles. The molecule has 1 N–H and O–H groups in total. The third-order valence-electron chi connectivity index (χ3n) is 0.696. The van der Waals surface area contributed by atoms with Gasteiger partial charge in [-0.25, -0.2) is 8.42 Å². The third kappa shape index (κ3) is 4.28. The Hall–Kier alpha value is -0.620. The molecule has 0 atom stereocenters. The number of hydrogen-bond donors (Lipinski definition) is 1. The number of sulfonamides is 1. The van der Waals surface area contributed by atoms with Gasteiger partial charge in [-0.1, -0.05) is 6.92 Å². The number of carbonyl (C=O) groups is 1. The highest BCUT2D eigenvalue weighted by Crippen LogP contribution is 1.86. The van der Waals surface area contributed by atoms with Gasteiger partial charge in [0.25, 0.3) is 0 Å². The van der Waals surface area contributed by atoms with Gasteiger partial charge in [0.2, 0.25) is 10.0 Å². The van der Waals surface area contributed by atoms with Gasteiger partial charge in [-0.2, -0.15) is 0 Å². The van der Waals surface area contributed by atoms with E-state index in [0.29, 0.717) is 6.42 Å². The molecule has 0 rings (SSSR count). The summed E-state index contributed by atoms with van der Waals surface area (Å²) in [6.45, 7) is 1.73. The predicted octanol–water partition coefficient (Wildman–Crippen LogP) is -0.596. The Labute approximate surface area is 59.4 Å². The summed E-state index contributed by atoms with van der Waals surface area (Å²) in [6.07, 6.45) is 0.484. The summed E-state index contributed by atoms with van der Waals surface area (Å²) >= 11 is 0. The van der Waals surface area contributed by atoms with Crippen molar-refractivity contribution in [2.45, 2.75) is 13.3 Å². The highest BCUT2D eigenvalue weighted by molar-refractivity contribution is 7.89. The van der Waals surface area contributed by atoms with Crippen LogP contribution < -0.4 is 4.89 Å². The predicted molar refractivity (Wildman–Crippen MR) is 34.4 cm³/mol. The Morgan fingerprint density at radius 1 is 1.60 bits per heavy atom. The van der Waals surface area contributed by atoms with Crippen LogP contribution in [0.3, 0.4) is 0 Å². The minimum atomic E-state index is -3.40. The summed E-state index contributed by atoms with van der Waals surface area (Å²) in [5, 5.41) is 0. The van der Waals surface area contributed by atoms with Crippen molar-refractivity contribution in [1.29, 1.82) is 0 Å². The maximum atomic E-state index is 10.6. The lowest BCUT2D eigenvalue weighted by atomic mass is 10.6. The van der Waals surface area contributed by atoms with Gasteiger partial charge in [0.1, 0.15) is 0 Å². The van der Waals surface area contributed by atoms with Crippen LogP contribution in [0.5, 0.6) is 0 Å². The van der Waals surface area contributed by atoms with Crippen LogP contribution in [0.25, 0.3) is 0 Å². The van der Waals surface area contributed by atoms with E-state index in [2.05, 4.69) is 4.84 Å². The average molecular weight is 167 g/mol. The Morgan fingerprint density at radius 3 is 2.60 bits per heavy atom. The van der Waals surface area contributed by atoms with Crippen molar-refractivity contribution in [3.05, 3.63) is 0 Å². The lowest BCUT2D eigenvalue weighted by Crippen LogP contribution is -2.25. The van der Waals surface area contributed by atoms with Crippen LogP contribution in [0.4, 0.5) is 0 Å². The molecular weight excluding hydrogens is 158 g/mol.